The molecule has 0 radical (unpaired) electrons. The number of aromatic hydroxyl groups is 1. The molecular weight excluding hydrogens is 412 g/mol. The topological polar surface area (TPSA) is 112 Å². The minimum Gasteiger partial charge on any atom is -0.504 e. The van der Waals surface area contributed by atoms with Gasteiger partial charge in [-0.25, -0.2) is 9.59 Å². The summed E-state index contributed by atoms with van der Waals surface area (Å²) in [5, 5.41) is 21.1. The van der Waals surface area contributed by atoms with Crippen molar-refractivity contribution < 1.29 is 29.3 Å². The summed E-state index contributed by atoms with van der Waals surface area (Å²) < 4.78 is 10.9. The lowest BCUT2D eigenvalue weighted by Gasteiger charge is -2.40. The van der Waals surface area contributed by atoms with Crippen molar-refractivity contribution in [2.24, 2.45) is 0 Å². The number of hydrogen-bond donors (Lipinski definition) is 3. The molecule has 8 nitrogen and oxygen atoms in total. The van der Waals surface area contributed by atoms with Crippen LogP contribution in [0.15, 0.2) is 42.5 Å². The lowest BCUT2D eigenvalue weighted by molar-refractivity contribution is -0.144. The number of hydrogen-bond acceptors (Lipinski definition) is 5. The van der Waals surface area contributed by atoms with E-state index in [1.165, 1.54) is 18.1 Å². The van der Waals surface area contributed by atoms with Gasteiger partial charge in [0.1, 0.15) is 17.7 Å². The van der Waals surface area contributed by atoms with E-state index >= 15 is 0 Å². The summed E-state index contributed by atoms with van der Waals surface area (Å²) in [5.74, 6) is -0.952. The van der Waals surface area contributed by atoms with Crippen LogP contribution < -0.4 is 4.74 Å². The van der Waals surface area contributed by atoms with Crippen molar-refractivity contribution >= 4 is 23.0 Å². The summed E-state index contributed by atoms with van der Waals surface area (Å²) in [6.45, 7) is 5.20. The average Bonchev–Trinajstić information content (AvgIpc) is 3.10. The van der Waals surface area contributed by atoms with Gasteiger partial charge < -0.3 is 24.7 Å². The molecule has 4 rings (SSSR count). The fourth-order valence-corrected chi connectivity index (χ4v) is 4.23. The SMILES string of the molecule is COc1cc([C@@H]2c3[nH]c4ccccc4c3C[C@@H](C(=O)O)N2C(=O)OC(C)(C)C)ccc1O. The fourth-order valence-electron chi connectivity index (χ4n) is 4.23. The molecule has 1 aromatic heterocycles. The van der Waals surface area contributed by atoms with Crippen LogP contribution in [-0.4, -0.2) is 50.9 Å². The fraction of sp³-hybridized carbons (Fsp3) is 0.333. The molecule has 0 fully saturated rings. The maximum absolute atomic E-state index is 13.3. The Bertz CT molecular complexity index is 1190. The van der Waals surface area contributed by atoms with Crippen molar-refractivity contribution in [2.45, 2.75) is 44.9 Å². The van der Waals surface area contributed by atoms with E-state index in [9.17, 15) is 19.8 Å². The van der Waals surface area contributed by atoms with Gasteiger partial charge in [-0.05, 0) is 50.1 Å². The Morgan fingerprint density at radius 2 is 1.88 bits per heavy atom. The minimum absolute atomic E-state index is 0.0532. The maximum Gasteiger partial charge on any atom is 0.411 e. The van der Waals surface area contributed by atoms with Crippen LogP contribution in [0.2, 0.25) is 0 Å². The minimum atomic E-state index is -1.14. The highest BCUT2D eigenvalue weighted by molar-refractivity contribution is 5.89. The van der Waals surface area contributed by atoms with Crippen LogP contribution in [0.5, 0.6) is 11.5 Å². The first-order valence-electron chi connectivity index (χ1n) is 10.3. The maximum atomic E-state index is 13.3. The van der Waals surface area contributed by atoms with E-state index in [0.717, 1.165) is 16.5 Å². The molecule has 0 saturated carbocycles. The van der Waals surface area contributed by atoms with Crippen LogP contribution in [-0.2, 0) is 16.0 Å². The molecule has 3 aromatic rings. The number of nitrogens with one attached hydrogen (secondary N) is 1. The summed E-state index contributed by atoms with van der Waals surface area (Å²) in [6.07, 6.45) is -0.592. The van der Waals surface area contributed by atoms with E-state index in [2.05, 4.69) is 4.98 Å². The number of aliphatic carboxylic acids is 1. The molecule has 0 spiro atoms. The number of carbonyl (C=O) groups excluding carboxylic acids is 1. The largest absolute Gasteiger partial charge is 0.504 e. The van der Waals surface area contributed by atoms with E-state index in [4.69, 9.17) is 9.47 Å². The average molecular weight is 438 g/mol. The second-order valence-electron chi connectivity index (χ2n) is 8.84. The molecule has 2 atom stereocenters. The van der Waals surface area contributed by atoms with Crippen molar-refractivity contribution in [3.05, 3.63) is 59.3 Å². The number of amides is 1. The van der Waals surface area contributed by atoms with Crippen LogP contribution in [0.25, 0.3) is 10.9 Å². The van der Waals surface area contributed by atoms with Crippen LogP contribution in [0.3, 0.4) is 0 Å². The van der Waals surface area contributed by atoms with Gasteiger partial charge in [0.25, 0.3) is 0 Å². The zero-order valence-electron chi connectivity index (χ0n) is 18.4. The number of ether oxygens (including phenoxy) is 2. The van der Waals surface area contributed by atoms with Crippen LogP contribution in [0.4, 0.5) is 4.79 Å². The summed E-state index contributed by atoms with van der Waals surface area (Å²) >= 11 is 0. The molecule has 2 aromatic carbocycles. The lowest BCUT2D eigenvalue weighted by Crippen LogP contribution is -2.52. The Balaban J connectivity index is 1.97. The van der Waals surface area contributed by atoms with E-state index < -0.39 is 29.7 Å². The van der Waals surface area contributed by atoms with Gasteiger partial charge in [0.2, 0.25) is 0 Å². The molecule has 0 saturated heterocycles. The Labute approximate surface area is 185 Å². The van der Waals surface area contributed by atoms with E-state index in [1.54, 1.807) is 32.9 Å². The molecule has 1 aliphatic heterocycles. The highest BCUT2D eigenvalue weighted by Crippen LogP contribution is 2.43. The highest BCUT2D eigenvalue weighted by atomic mass is 16.6. The smallest absolute Gasteiger partial charge is 0.411 e. The quantitative estimate of drug-likeness (QED) is 0.565. The first-order valence-corrected chi connectivity index (χ1v) is 10.3. The van der Waals surface area contributed by atoms with E-state index in [-0.39, 0.29) is 17.9 Å². The molecule has 32 heavy (non-hydrogen) atoms. The lowest BCUT2D eigenvalue weighted by atomic mass is 9.88. The summed E-state index contributed by atoms with van der Waals surface area (Å²) in [5.41, 5.74) is 2.18. The van der Waals surface area contributed by atoms with Gasteiger partial charge in [0.15, 0.2) is 11.5 Å². The number of phenols is 1. The van der Waals surface area contributed by atoms with Crippen molar-refractivity contribution in [2.75, 3.05) is 7.11 Å². The third-order valence-corrected chi connectivity index (χ3v) is 5.54. The van der Waals surface area contributed by atoms with Gasteiger partial charge in [-0.15, -0.1) is 0 Å². The second kappa shape index (κ2) is 7.78. The van der Waals surface area contributed by atoms with Crippen molar-refractivity contribution in [3.63, 3.8) is 0 Å². The zero-order valence-corrected chi connectivity index (χ0v) is 18.4. The van der Waals surface area contributed by atoms with Gasteiger partial charge in [-0.3, -0.25) is 4.90 Å². The number of phenolic OH excluding ortho intramolecular Hbond substituents is 1. The number of carbonyl (C=O) groups is 2. The number of methoxy groups -OCH3 is 1. The number of H-pyrrole nitrogens is 1. The molecule has 0 unspecified atom stereocenters. The Morgan fingerprint density at radius 1 is 1.16 bits per heavy atom. The van der Waals surface area contributed by atoms with E-state index in [1.807, 2.05) is 24.3 Å². The molecule has 1 aliphatic rings. The predicted octanol–water partition coefficient (Wildman–Crippen LogP) is 4.22. The molecule has 2 heterocycles. The number of fused-ring (bicyclic) bond motifs is 3. The number of carboxylic acids is 1. The molecule has 8 heteroatoms. The molecule has 0 bridgehead atoms. The zero-order chi connectivity index (χ0) is 23.2. The van der Waals surface area contributed by atoms with Crippen molar-refractivity contribution in [1.29, 1.82) is 0 Å². The third-order valence-electron chi connectivity index (χ3n) is 5.54. The van der Waals surface area contributed by atoms with Crippen molar-refractivity contribution in [1.82, 2.24) is 9.88 Å². The normalized spacial score (nSPS) is 18.3. The number of aromatic nitrogens is 1. The van der Waals surface area contributed by atoms with Gasteiger partial charge in [0.05, 0.1) is 7.11 Å². The van der Waals surface area contributed by atoms with Crippen LogP contribution in [0, 0.1) is 0 Å². The van der Waals surface area contributed by atoms with Gasteiger partial charge in [-0.2, -0.15) is 0 Å². The predicted molar refractivity (Wildman–Crippen MR) is 118 cm³/mol. The van der Waals surface area contributed by atoms with Crippen LogP contribution >= 0.6 is 0 Å². The number of para-hydroxylation sites is 1. The summed E-state index contributed by atoms with van der Waals surface area (Å²) in [7, 11) is 1.43. The number of rotatable bonds is 3. The highest BCUT2D eigenvalue weighted by Gasteiger charge is 2.45. The van der Waals surface area contributed by atoms with Crippen LogP contribution in [0.1, 0.15) is 43.6 Å². The third kappa shape index (κ3) is 3.72. The Hall–Kier alpha value is -3.68. The molecule has 1 amide bonds. The first kappa shape index (κ1) is 21.5. The Kier molecular flexibility index (Phi) is 5.24. The molecule has 0 aliphatic carbocycles. The first-order chi connectivity index (χ1) is 15.1. The Morgan fingerprint density at radius 3 is 2.53 bits per heavy atom. The van der Waals surface area contributed by atoms with Crippen molar-refractivity contribution in [3.8, 4) is 11.5 Å². The molecule has 3 N–H and O–H groups in total. The van der Waals surface area contributed by atoms with Gasteiger partial charge >= 0.3 is 12.1 Å². The monoisotopic (exact) mass is 438 g/mol. The second-order valence-corrected chi connectivity index (χ2v) is 8.84. The molecule has 168 valence electrons. The summed E-state index contributed by atoms with van der Waals surface area (Å²) in [6, 6.07) is 10.4. The van der Waals surface area contributed by atoms with Gasteiger partial charge in [-0.1, -0.05) is 24.3 Å². The molecular formula is C24H26N2O6. The summed E-state index contributed by atoms with van der Waals surface area (Å²) in [4.78, 5) is 30.3. The number of benzene rings is 2. The van der Waals surface area contributed by atoms with Gasteiger partial charge in [0, 0.05) is 23.0 Å². The number of aromatic amines is 1. The number of nitrogens with zero attached hydrogens (tertiary/aromatic N) is 1. The standard InChI is InChI=1S/C24H26N2O6/c1-24(2,3)32-23(30)26-17(22(28)29)12-15-14-7-5-6-8-16(14)25-20(15)21(26)13-9-10-18(27)19(11-13)31-4/h5-11,17,21,25,27H,12H2,1-4H3,(H,28,29)/t17-,21+/m0/s1. The van der Waals surface area contributed by atoms with E-state index in [0.29, 0.717) is 11.3 Å². The number of carboxylic acid groups (broad SMARTS) is 1.